The topological polar surface area (TPSA) is 632 Å². The lowest BCUT2D eigenvalue weighted by Crippen LogP contribution is -2.65. The van der Waals surface area contributed by atoms with Crippen LogP contribution in [0.15, 0.2) is 116 Å². The summed E-state index contributed by atoms with van der Waals surface area (Å²) in [5, 5.41) is 145. The van der Waals surface area contributed by atoms with E-state index in [9.17, 15) is 84.9 Å². The highest BCUT2D eigenvalue weighted by molar-refractivity contribution is 6.32. The van der Waals surface area contributed by atoms with Gasteiger partial charge in [-0.15, -0.1) is 6.58 Å². The first kappa shape index (κ1) is 91.2. The SMILES string of the molecule is C=CCCOc1cccc(CN[C@@]2(C)C[C@H](O[C@H]3[C@H](Oc4c5cc6cc4Oc4ccc(cc4Cl)[C@@H](O)[C@@H](NC(=O)[C@@H](N)CCCCN)C(=O)N[C@@H](CC(N)=O)C(=O)N[C@H]6C(=O)N[C@H]4C(=O)N[C@H](C(=O)N[C@H](C(=O)N[C@@H](CCC(=O)O)C(=O)O)c6cc(O)cc(O)c6-c6cc4ccc6O)[C@H](O)c4ccc(c(Cl)c4)O5)O[C@H](CO)[C@@H](O)[C@@H]3O)O[C@@H](C)[C@H]2O)c1. The minimum atomic E-state index is -2.44. The van der Waals surface area contributed by atoms with Crippen LogP contribution < -0.4 is 78.7 Å². The fourth-order valence-electron chi connectivity index (χ4n) is 14.6. The maximum Gasteiger partial charge on any atom is 0.326 e. The summed E-state index contributed by atoms with van der Waals surface area (Å²) in [6.07, 6.45) is -18.0. The number of aliphatic hydroxyl groups excluding tert-OH is 6. The lowest BCUT2D eigenvalue weighted by Gasteiger charge is -2.48. The highest BCUT2D eigenvalue weighted by atomic mass is 35.5. The predicted octanol–water partition coefficient (Wildman–Crippen LogP) is 1.06. The number of hydrogen-bond donors (Lipinski definition) is 22. The molecule has 6 aromatic carbocycles. The number of unbranched alkanes of at least 4 members (excludes halogenated alkanes) is 1. The zero-order chi connectivity index (χ0) is 88.5. The second-order valence-electron chi connectivity index (χ2n) is 30.0. The Labute approximate surface area is 705 Å². The Morgan fingerprint density at radius 2 is 1.38 bits per heavy atom. The van der Waals surface area contributed by atoms with Gasteiger partial charge in [-0.1, -0.05) is 66.0 Å². The number of nitrogens with one attached hydrogen (secondary N) is 8. The van der Waals surface area contributed by atoms with Gasteiger partial charge < -0.3 is 149 Å². The Hall–Kier alpha value is -11.5. The van der Waals surface area contributed by atoms with E-state index in [1.54, 1.807) is 38.1 Å². The molecule has 0 saturated carbocycles. The van der Waals surface area contributed by atoms with E-state index in [0.717, 1.165) is 72.3 Å². The third-order valence-electron chi connectivity index (χ3n) is 21.1. The van der Waals surface area contributed by atoms with Crippen LogP contribution in [0, 0.1) is 0 Å². The molecule has 7 aliphatic rings. The molecule has 0 radical (unpaired) electrons. The van der Waals surface area contributed by atoms with Crippen LogP contribution in [-0.2, 0) is 68.7 Å². The third-order valence-corrected chi connectivity index (χ3v) is 21.7. The molecule has 19 atom stereocenters. The van der Waals surface area contributed by atoms with E-state index in [1.165, 1.54) is 6.07 Å². The summed E-state index contributed by atoms with van der Waals surface area (Å²) in [5.74, 6) is -19.5. The number of amides is 8. The van der Waals surface area contributed by atoms with Gasteiger partial charge in [0.25, 0.3) is 0 Å². The molecule has 654 valence electrons. The standard InChI is InChI=1S/C81H93Cl2N11O28/c1-4-5-21-116-41-10-8-9-35(22-41)32-87-81(3)31-58(117-34(2)71(81)106)121-70-68(105)67(104)55(33-95)120-80(70)122-69-53-26-39-27-54(69)119-52-18-14-38(25-45(52)83)66(103)64-78(113)92-62(76(111)88-47(79(114)115)15-19-57(100)101)43-28-40(96)29-50(98)59(43)42-23-36(12-16-49(42)97)60(74(109)94-64)91-75(110)61(39)90-73(108)48(30-56(86)99)89-77(112)63(93-72(107)46(85)11-6-7-20-84)65(102)37-13-17-51(118-53)44(82)24-37/h4,8-10,12-14,16-18,22-29,34,46-48,55,58,60-68,70-71,80,87,95-98,102-106H,1,5-7,11,15,19-21,30-33,84-85H2,2-3H3,(H2,86,99)(H,88,111)(H,89,112)(H,90,108)(H,91,110)(H,92,113)(H,93,107)(H,94,109)(H,100,101)(H,114,115)/t34-,46-,47-,48-,55+,58-,60+,61+,62-,63+,64-,65+,66+,67+,68-,70+,71+,80-,81-/m0/s1. The van der Waals surface area contributed by atoms with Crippen molar-refractivity contribution in [1.29, 1.82) is 0 Å². The van der Waals surface area contributed by atoms with Crippen molar-refractivity contribution in [2.75, 3.05) is 19.8 Å². The van der Waals surface area contributed by atoms with Crippen LogP contribution in [0.3, 0.4) is 0 Å². The molecule has 0 spiro atoms. The van der Waals surface area contributed by atoms with Crippen LogP contribution in [0.4, 0.5) is 0 Å². The number of hydrogen-bond acceptors (Lipinski definition) is 29. The Balaban J connectivity index is 1.12. The number of benzene rings is 6. The number of carbonyl (C=O) groups is 10. The first-order valence-corrected chi connectivity index (χ1v) is 39.3. The molecule has 7 heterocycles. The van der Waals surface area contributed by atoms with E-state index in [1.807, 2.05) is 6.07 Å². The van der Waals surface area contributed by atoms with Crippen LogP contribution in [0.2, 0.25) is 10.0 Å². The van der Waals surface area contributed by atoms with Crippen LogP contribution in [0.1, 0.15) is 129 Å². The van der Waals surface area contributed by atoms with E-state index in [4.69, 9.17) is 73.6 Å². The Morgan fingerprint density at radius 1 is 0.721 bits per heavy atom. The fourth-order valence-corrected chi connectivity index (χ4v) is 15.0. The average Bonchev–Trinajstić information content (AvgIpc) is 0.769. The Bertz CT molecular complexity index is 4970. The van der Waals surface area contributed by atoms with Crippen LogP contribution in [0.25, 0.3) is 11.1 Å². The number of aliphatic hydroxyl groups is 6. The average molecular weight is 1740 g/mol. The van der Waals surface area contributed by atoms with Crippen LogP contribution >= 0.6 is 23.2 Å². The number of ether oxygens (including phenoxy) is 7. The molecule has 39 nitrogen and oxygen atoms in total. The van der Waals surface area contributed by atoms with Crippen molar-refractivity contribution in [3.63, 3.8) is 0 Å². The van der Waals surface area contributed by atoms with Gasteiger partial charge in [0.05, 0.1) is 47.9 Å². The molecule has 0 aromatic heterocycles. The molecule has 11 bridgehead atoms. The van der Waals surface area contributed by atoms with Crippen molar-refractivity contribution in [3.05, 3.63) is 159 Å². The maximum absolute atomic E-state index is 16.3. The van der Waals surface area contributed by atoms with Crippen molar-refractivity contribution in [3.8, 4) is 62.9 Å². The molecule has 2 fully saturated rings. The Morgan fingerprint density at radius 3 is 2.02 bits per heavy atom. The number of carboxylic acid groups (broad SMARTS) is 2. The first-order chi connectivity index (χ1) is 58.0. The quantitative estimate of drug-likeness (QED) is 0.0267. The van der Waals surface area contributed by atoms with Gasteiger partial charge in [0.2, 0.25) is 59.3 Å². The molecule has 6 aromatic rings. The number of phenolic OH excluding ortho intramolecular Hbond substituents is 3. The van der Waals surface area contributed by atoms with Crippen molar-refractivity contribution >= 4 is 82.4 Å². The van der Waals surface area contributed by atoms with E-state index >= 15 is 19.2 Å². The number of phenols is 3. The molecule has 2 saturated heterocycles. The van der Waals surface area contributed by atoms with Crippen molar-refractivity contribution in [1.82, 2.24) is 42.5 Å². The Kier molecular flexibility index (Phi) is 29.6. The second kappa shape index (κ2) is 39.5. The normalized spacial score (nSPS) is 26.4. The van der Waals surface area contributed by atoms with Crippen molar-refractivity contribution in [2.45, 2.75) is 187 Å². The van der Waals surface area contributed by atoms with E-state index in [2.05, 4.69) is 49.1 Å². The second-order valence-corrected chi connectivity index (χ2v) is 30.8. The number of carboxylic acids is 2. The summed E-state index contributed by atoms with van der Waals surface area (Å²) >= 11 is 14.3. The van der Waals surface area contributed by atoms with Gasteiger partial charge in [0, 0.05) is 42.1 Å². The molecule has 13 rings (SSSR count). The van der Waals surface area contributed by atoms with Crippen LogP contribution in [-0.4, -0.2) is 220 Å². The van der Waals surface area contributed by atoms with Crippen molar-refractivity contribution < 1.29 is 137 Å². The number of fused-ring (bicyclic) bond motifs is 15. The van der Waals surface area contributed by atoms with Gasteiger partial charge >= 0.3 is 11.9 Å². The minimum absolute atomic E-state index is 0.0152. The molecule has 0 aliphatic carbocycles. The zero-order valence-electron chi connectivity index (χ0n) is 65.3. The monoisotopic (exact) mass is 1740 g/mol. The summed E-state index contributed by atoms with van der Waals surface area (Å²) in [4.78, 5) is 144. The number of nitrogens with two attached hydrogens (primary N) is 3. The molecule has 7 aliphatic heterocycles. The lowest BCUT2D eigenvalue weighted by atomic mass is 9.84. The highest BCUT2D eigenvalue weighted by Gasteiger charge is 2.52. The summed E-state index contributed by atoms with van der Waals surface area (Å²) in [7, 11) is 0. The van der Waals surface area contributed by atoms with Crippen LogP contribution in [0.5, 0.6) is 51.7 Å². The summed E-state index contributed by atoms with van der Waals surface area (Å²) in [6.45, 7) is 6.67. The number of primary amides is 1. The zero-order valence-corrected chi connectivity index (χ0v) is 66.8. The fraction of sp³-hybridized carbons (Fsp3) is 0.407. The van der Waals surface area contributed by atoms with Gasteiger partial charge in [0.15, 0.2) is 23.9 Å². The predicted molar refractivity (Wildman–Crippen MR) is 426 cm³/mol. The number of aromatic hydroxyl groups is 3. The largest absolute Gasteiger partial charge is 0.508 e. The van der Waals surface area contributed by atoms with Gasteiger partial charge in [-0.2, -0.15) is 0 Å². The van der Waals surface area contributed by atoms with Crippen molar-refractivity contribution in [2.24, 2.45) is 17.2 Å². The number of rotatable bonds is 26. The third kappa shape index (κ3) is 21.1. The van der Waals surface area contributed by atoms with Gasteiger partial charge in [-0.25, -0.2) is 4.79 Å². The van der Waals surface area contributed by atoms with E-state index < -0.39 is 284 Å². The van der Waals surface area contributed by atoms with E-state index in [0.29, 0.717) is 37.7 Å². The lowest BCUT2D eigenvalue weighted by molar-refractivity contribution is -0.334. The maximum atomic E-state index is 16.3. The minimum Gasteiger partial charge on any atom is -0.508 e. The molecular weight excluding hydrogens is 1650 g/mol. The molecule has 25 N–H and O–H groups in total. The summed E-state index contributed by atoms with van der Waals surface area (Å²) in [5.41, 5.74) is 13.8. The molecule has 8 amide bonds. The number of aliphatic carboxylic acids is 2. The molecule has 122 heavy (non-hydrogen) atoms. The highest BCUT2D eigenvalue weighted by Crippen LogP contribution is 2.50. The van der Waals surface area contributed by atoms with Gasteiger partial charge in [0.1, 0.15) is 107 Å². The smallest absolute Gasteiger partial charge is 0.326 e. The van der Waals surface area contributed by atoms with Gasteiger partial charge in [-0.05, 0) is 146 Å². The molecule has 41 heteroatoms. The van der Waals surface area contributed by atoms with E-state index in [-0.39, 0.29) is 37.1 Å². The van der Waals surface area contributed by atoms with Gasteiger partial charge in [-0.3, -0.25) is 43.2 Å². The first-order valence-electron chi connectivity index (χ1n) is 38.5. The molecular formula is C81H93Cl2N11O28. The summed E-state index contributed by atoms with van der Waals surface area (Å²) in [6, 6.07) is 2.89. The molecule has 0 unspecified atom stereocenters. The summed E-state index contributed by atoms with van der Waals surface area (Å²) < 4.78 is 45.3. The number of halogens is 2. The number of carbonyl (C=O) groups excluding carboxylic acids is 8.